The van der Waals surface area contributed by atoms with Crippen molar-refractivity contribution in [1.82, 2.24) is 9.80 Å². The van der Waals surface area contributed by atoms with E-state index in [4.69, 9.17) is 5.73 Å². The fourth-order valence-corrected chi connectivity index (χ4v) is 2.39. The van der Waals surface area contributed by atoms with Gasteiger partial charge in [-0.3, -0.25) is 9.69 Å². The van der Waals surface area contributed by atoms with Crippen LogP contribution in [0.3, 0.4) is 0 Å². The average Bonchev–Trinajstić information content (AvgIpc) is 2.47. The summed E-state index contributed by atoms with van der Waals surface area (Å²) in [6, 6.07) is 8.17. The largest absolute Gasteiger partial charge is 0.340 e. The molecule has 4 heteroatoms. The predicted octanol–water partition coefficient (Wildman–Crippen LogP) is 0.661. The second kappa shape index (κ2) is 7.09. The number of hydrogen-bond acceptors (Lipinski definition) is 3. The van der Waals surface area contributed by atoms with Crippen LogP contribution in [0.4, 0.5) is 0 Å². The molecule has 20 heavy (non-hydrogen) atoms. The van der Waals surface area contributed by atoms with Gasteiger partial charge in [-0.05, 0) is 11.6 Å². The molecule has 1 aliphatic heterocycles. The van der Waals surface area contributed by atoms with Gasteiger partial charge in [0, 0.05) is 45.2 Å². The number of carbonyl (C=O) groups excluding carboxylic acids is 1. The minimum atomic E-state index is 0.166. The Morgan fingerprint density at radius 3 is 2.60 bits per heavy atom. The Balaban J connectivity index is 1.99. The molecule has 1 saturated heterocycles. The summed E-state index contributed by atoms with van der Waals surface area (Å²) in [7, 11) is 0. The lowest BCUT2D eigenvalue weighted by Gasteiger charge is -2.34. The average molecular weight is 271 g/mol. The van der Waals surface area contributed by atoms with E-state index in [2.05, 4.69) is 22.8 Å². The smallest absolute Gasteiger partial charge is 0.219 e. The molecule has 2 rings (SSSR count). The molecule has 0 saturated carbocycles. The van der Waals surface area contributed by atoms with Crippen LogP contribution in [-0.2, 0) is 11.3 Å². The second-order valence-corrected chi connectivity index (χ2v) is 4.95. The highest BCUT2D eigenvalue weighted by molar-refractivity contribution is 5.73. The Hall–Kier alpha value is -1.83. The highest BCUT2D eigenvalue weighted by Gasteiger charge is 2.18. The normalized spacial score (nSPS) is 15.6. The monoisotopic (exact) mass is 271 g/mol. The summed E-state index contributed by atoms with van der Waals surface area (Å²) < 4.78 is 0. The topological polar surface area (TPSA) is 49.6 Å². The number of hydrogen-bond donors (Lipinski definition) is 1. The van der Waals surface area contributed by atoms with Crippen molar-refractivity contribution < 1.29 is 4.79 Å². The Morgan fingerprint density at radius 1 is 1.25 bits per heavy atom. The molecule has 0 radical (unpaired) electrons. The molecule has 0 aliphatic carbocycles. The molecular formula is C16H21N3O. The molecular weight excluding hydrogens is 250 g/mol. The van der Waals surface area contributed by atoms with Crippen LogP contribution in [-0.4, -0.2) is 48.4 Å². The van der Waals surface area contributed by atoms with Crippen molar-refractivity contribution in [3.63, 3.8) is 0 Å². The summed E-state index contributed by atoms with van der Waals surface area (Å²) >= 11 is 0. The molecule has 2 N–H and O–H groups in total. The van der Waals surface area contributed by atoms with Crippen molar-refractivity contribution in [3.05, 3.63) is 35.4 Å². The first-order chi connectivity index (χ1) is 9.70. The number of rotatable bonds is 2. The maximum absolute atomic E-state index is 11.3. The first-order valence-corrected chi connectivity index (χ1v) is 6.95. The van der Waals surface area contributed by atoms with E-state index >= 15 is 0 Å². The molecule has 1 aromatic rings. The minimum Gasteiger partial charge on any atom is -0.340 e. The lowest BCUT2D eigenvalue weighted by atomic mass is 10.1. The number of carbonyl (C=O) groups is 1. The van der Waals surface area contributed by atoms with Gasteiger partial charge in [0.2, 0.25) is 5.91 Å². The fraction of sp³-hybridized carbons (Fsp3) is 0.438. The van der Waals surface area contributed by atoms with Crippen molar-refractivity contribution >= 4 is 5.91 Å². The van der Waals surface area contributed by atoms with Crippen LogP contribution in [0.1, 0.15) is 18.1 Å². The van der Waals surface area contributed by atoms with Crippen LogP contribution < -0.4 is 5.73 Å². The molecule has 0 aromatic heterocycles. The van der Waals surface area contributed by atoms with Crippen LogP contribution >= 0.6 is 0 Å². The van der Waals surface area contributed by atoms with E-state index in [1.54, 1.807) is 6.92 Å². The zero-order chi connectivity index (χ0) is 14.4. The van der Waals surface area contributed by atoms with E-state index in [-0.39, 0.29) is 5.91 Å². The van der Waals surface area contributed by atoms with Crippen LogP contribution in [0.5, 0.6) is 0 Å². The highest BCUT2D eigenvalue weighted by Crippen LogP contribution is 2.12. The van der Waals surface area contributed by atoms with Crippen molar-refractivity contribution in [2.75, 3.05) is 32.7 Å². The van der Waals surface area contributed by atoms with E-state index in [0.29, 0.717) is 6.54 Å². The van der Waals surface area contributed by atoms with E-state index in [0.717, 1.165) is 38.3 Å². The summed E-state index contributed by atoms with van der Waals surface area (Å²) in [5, 5.41) is 0. The second-order valence-electron chi connectivity index (χ2n) is 4.95. The lowest BCUT2D eigenvalue weighted by Crippen LogP contribution is -2.47. The van der Waals surface area contributed by atoms with E-state index in [1.807, 2.05) is 23.1 Å². The third-order valence-corrected chi connectivity index (χ3v) is 3.55. The van der Waals surface area contributed by atoms with E-state index in [1.165, 1.54) is 5.56 Å². The van der Waals surface area contributed by atoms with Gasteiger partial charge >= 0.3 is 0 Å². The van der Waals surface area contributed by atoms with Crippen molar-refractivity contribution in [2.24, 2.45) is 5.73 Å². The van der Waals surface area contributed by atoms with Gasteiger partial charge in [0.15, 0.2) is 0 Å². The quantitative estimate of drug-likeness (QED) is 0.804. The maximum atomic E-state index is 11.3. The molecule has 4 nitrogen and oxygen atoms in total. The number of nitrogens with two attached hydrogens (primary N) is 1. The maximum Gasteiger partial charge on any atom is 0.219 e. The lowest BCUT2D eigenvalue weighted by molar-refractivity contribution is -0.130. The van der Waals surface area contributed by atoms with Crippen LogP contribution in [0.25, 0.3) is 0 Å². The summed E-state index contributed by atoms with van der Waals surface area (Å²) in [6.45, 7) is 6.34. The van der Waals surface area contributed by atoms with Crippen LogP contribution in [0.15, 0.2) is 24.3 Å². The summed E-state index contributed by atoms with van der Waals surface area (Å²) in [6.07, 6.45) is 0. The van der Waals surface area contributed by atoms with Gasteiger partial charge in [0.1, 0.15) is 0 Å². The SMILES string of the molecule is CC(=O)N1CCN(Cc2ccccc2C#CCN)CC1. The number of benzene rings is 1. The van der Waals surface area contributed by atoms with Crippen LogP contribution in [0, 0.1) is 11.8 Å². The zero-order valence-corrected chi connectivity index (χ0v) is 11.9. The Kier molecular flexibility index (Phi) is 5.16. The highest BCUT2D eigenvalue weighted by atomic mass is 16.2. The van der Waals surface area contributed by atoms with Gasteiger partial charge in [-0.25, -0.2) is 0 Å². The third kappa shape index (κ3) is 3.83. The summed E-state index contributed by atoms with van der Waals surface area (Å²) in [5.41, 5.74) is 7.71. The molecule has 1 amide bonds. The molecule has 1 fully saturated rings. The van der Waals surface area contributed by atoms with E-state index in [9.17, 15) is 4.79 Å². The molecule has 0 bridgehead atoms. The van der Waals surface area contributed by atoms with Gasteiger partial charge in [0.05, 0.1) is 6.54 Å². The Morgan fingerprint density at radius 2 is 1.95 bits per heavy atom. The van der Waals surface area contributed by atoms with Crippen LogP contribution in [0.2, 0.25) is 0 Å². The van der Waals surface area contributed by atoms with Crippen molar-refractivity contribution in [3.8, 4) is 11.8 Å². The Labute approximate surface area is 120 Å². The number of amides is 1. The molecule has 106 valence electrons. The molecule has 0 spiro atoms. The van der Waals surface area contributed by atoms with Gasteiger partial charge in [0.25, 0.3) is 0 Å². The molecule has 0 unspecified atom stereocenters. The van der Waals surface area contributed by atoms with Gasteiger partial charge < -0.3 is 10.6 Å². The van der Waals surface area contributed by atoms with Gasteiger partial charge in [-0.15, -0.1) is 0 Å². The first kappa shape index (κ1) is 14.6. The molecule has 1 aromatic carbocycles. The zero-order valence-electron chi connectivity index (χ0n) is 11.9. The first-order valence-electron chi connectivity index (χ1n) is 6.95. The van der Waals surface area contributed by atoms with Gasteiger partial charge in [-0.2, -0.15) is 0 Å². The fourth-order valence-electron chi connectivity index (χ4n) is 2.39. The summed E-state index contributed by atoms with van der Waals surface area (Å²) in [5.74, 6) is 6.20. The number of nitrogens with zero attached hydrogens (tertiary/aromatic N) is 2. The summed E-state index contributed by atoms with van der Waals surface area (Å²) in [4.78, 5) is 15.6. The third-order valence-electron chi connectivity index (χ3n) is 3.55. The molecule has 1 heterocycles. The standard InChI is InChI=1S/C16H21N3O/c1-14(20)19-11-9-18(10-12-19)13-16-6-3-2-5-15(16)7-4-8-17/h2-3,5-6H,8-13,17H2,1H3. The predicted molar refractivity (Wildman–Crippen MR) is 79.9 cm³/mol. The minimum absolute atomic E-state index is 0.166. The molecule has 0 atom stereocenters. The van der Waals surface area contributed by atoms with Crippen molar-refractivity contribution in [1.29, 1.82) is 0 Å². The number of piperazine rings is 1. The van der Waals surface area contributed by atoms with Gasteiger partial charge in [-0.1, -0.05) is 30.0 Å². The van der Waals surface area contributed by atoms with E-state index < -0.39 is 0 Å². The van der Waals surface area contributed by atoms with Crippen molar-refractivity contribution in [2.45, 2.75) is 13.5 Å². The Bertz CT molecular complexity index is 522. The molecule has 1 aliphatic rings.